The number of aliphatic imine (C=N–C) groups is 1. The van der Waals surface area contributed by atoms with Gasteiger partial charge in [-0.15, -0.1) is 0 Å². The summed E-state index contributed by atoms with van der Waals surface area (Å²) in [5.41, 5.74) is 1.24. The molecule has 0 atom stereocenters. The maximum atomic E-state index is 5.71. The molecule has 0 aliphatic carbocycles. The van der Waals surface area contributed by atoms with Gasteiger partial charge in [0.15, 0.2) is 5.96 Å². The van der Waals surface area contributed by atoms with Gasteiger partial charge in [0.05, 0.1) is 6.61 Å². The molecule has 5 nitrogen and oxygen atoms in total. The molecule has 25 heavy (non-hydrogen) atoms. The lowest BCUT2D eigenvalue weighted by molar-refractivity contribution is 0.117. The first-order chi connectivity index (χ1) is 12.4. The summed E-state index contributed by atoms with van der Waals surface area (Å²) in [6.07, 6.45) is 6.23. The highest BCUT2D eigenvalue weighted by Gasteiger charge is 2.09. The summed E-state index contributed by atoms with van der Waals surface area (Å²) in [4.78, 5) is 6.82. The smallest absolute Gasteiger partial charge is 0.191 e. The van der Waals surface area contributed by atoms with Crippen molar-refractivity contribution in [2.75, 3.05) is 46.4 Å². The number of nitrogens with one attached hydrogen (secondary N) is 2. The summed E-state index contributed by atoms with van der Waals surface area (Å²) in [6.45, 7) is 6.99. The number of nitrogens with zero attached hydrogens (tertiary/aromatic N) is 2. The van der Waals surface area contributed by atoms with Gasteiger partial charge in [0.1, 0.15) is 0 Å². The number of hydrogen-bond acceptors (Lipinski definition) is 3. The molecule has 0 bridgehead atoms. The summed E-state index contributed by atoms with van der Waals surface area (Å²) in [5, 5.41) is 6.79. The largest absolute Gasteiger partial charge is 0.377 e. The Kier molecular flexibility index (Phi) is 10.0. The van der Waals surface area contributed by atoms with Crippen LogP contribution in [-0.2, 0) is 11.3 Å². The number of benzene rings is 1. The molecule has 1 aliphatic heterocycles. The Labute approximate surface area is 152 Å². The van der Waals surface area contributed by atoms with Crippen molar-refractivity contribution in [3.63, 3.8) is 0 Å². The van der Waals surface area contributed by atoms with E-state index in [2.05, 4.69) is 32.7 Å². The molecule has 2 N–H and O–H groups in total. The number of guanidine groups is 1. The summed E-state index contributed by atoms with van der Waals surface area (Å²) in [6, 6.07) is 10.3. The van der Waals surface area contributed by atoms with E-state index in [0.29, 0.717) is 6.61 Å². The van der Waals surface area contributed by atoms with E-state index < -0.39 is 0 Å². The van der Waals surface area contributed by atoms with Crippen LogP contribution in [0.1, 0.15) is 37.7 Å². The van der Waals surface area contributed by atoms with Gasteiger partial charge in [-0.25, -0.2) is 0 Å². The normalized spacial score (nSPS) is 16.0. The van der Waals surface area contributed by atoms with Crippen LogP contribution < -0.4 is 10.6 Å². The SMILES string of the molecule is CN=C(NCCCCOCc1ccccc1)NCCN1CCCCC1. The van der Waals surface area contributed by atoms with Crippen molar-refractivity contribution in [2.45, 2.75) is 38.7 Å². The summed E-state index contributed by atoms with van der Waals surface area (Å²) in [5.74, 6) is 0.905. The molecule has 1 heterocycles. The van der Waals surface area contributed by atoms with Crippen molar-refractivity contribution in [3.8, 4) is 0 Å². The van der Waals surface area contributed by atoms with E-state index in [9.17, 15) is 0 Å². The fourth-order valence-corrected chi connectivity index (χ4v) is 3.04. The Balaban J connectivity index is 1.44. The average Bonchev–Trinajstić information content (AvgIpc) is 2.67. The number of piperidine rings is 1. The first-order valence-electron chi connectivity index (χ1n) is 9.67. The van der Waals surface area contributed by atoms with Crippen LogP contribution in [0.25, 0.3) is 0 Å². The van der Waals surface area contributed by atoms with Crippen LogP contribution in [-0.4, -0.2) is 57.2 Å². The van der Waals surface area contributed by atoms with Crippen LogP contribution in [0.2, 0.25) is 0 Å². The lowest BCUT2D eigenvalue weighted by Gasteiger charge is -2.26. The van der Waals surface area contributed by atoms with Crippen LogP contribution in [0.5, 0.6) is 0 Å². The highest BCUT2D eigenvalue weighted by Crippen LogP contribution is 2.07. The highest BCUT2D eigenvalue weighted by atomic mass is 16.5. The molecule has 0 aromatic heterocycles. The molecule has 140 valence electrons. The maximum absolute atomic E-state index is 5.71. The summed E-state index contributed by atoms with van der Waals surface area (Å²) >= 11 is 0. The van der Waals surface area contributed by atoms with Crippen molar-refractivity contribution < 1.29 is 4.74 Å². The van der Waals surface area contributed by atoms with Crippen molar-refractivity contribution in [1.29, 1.82) is 0 Å². The number of likely N-dealkylation sites (tertiary alicyclic amines) is 1. The fourth-order valence-electron chi connectivity index (χ4n) is 3.04. The minimum absolute atomic E-state index is 0.702. The molecular weight excluding hydrogens is 312 g/mol. The van der Waals surface area contributed by atoms with Crippen LogP contribution in [0, 0.1) is 0 Å². The van der Waals surface area contributed by atoms with Crippen molar-refractivity contribution in [1.82, 2.24) is 15.5 Å². The molecule has 2 rings (SSSR count). The molecule has 0 radical (unpaired) electrons. The standard InChI is InChI=1S/C20H34N4O/c1-21-20(23-13-16-24-14-7-3-8-15-24)22-12-6-9-17-25-18-19-10-4-2-5-11-19/h2,4-5,10-11H,3,6-9,12-18H2,1H3,(H2,21,22,23). The van der Waals surface area contributed by atoms with Crippen LogP contribution in [0.3, 0.4) is 0 Å². The van der Waals surface area contributed by atoms with Gasteiger partial charge in [0.2, 0.25) is 0 Å². The quantitative estimate of drug-likeness (QED) is 0.388. The zero-order chi connectivity index (χ0) is 17.6. The van der Waals surface area contributed by atoms with Gasteiger partial charge < -0.3 is 20.3 Å². The lowest BCUT2D eigenvalue weighted by atomic mass is 10.1. The number of unbranched alkanes of at least 4 members (excludes halogenated alkanes) is 1. The zero-order valence-corrected chi connectivity index (χ0v) is 15.7. The van der Waals surface area contributed by atoms with E-state index in [-0.39, 0.29) is 0 Å². The molecule has 1 saturated heterocycles. The van der Waals surface area contributed by atoms with Gasteiger partial charge in [-0.2, -0.15) is 0 Å². The Morgan fingerprint density at radius 1 is 1.04 bits per heavy atom. The van der Waals surface area contributed by atoms with Crippen molar-refractivity contribution in [2.24, 2.45) is 4.99 Å². The van der Waals surface area contributed by atoms with Gasteiger partial charge in [-0.3, -0.25) is 4.99 Å². The molecule has 1 aromatic carbocycles. The van der Waals surface area contributed by atoms with Crippen LogP contribution >= 0.6 is 0 Å². The molecule has 0 spiro atoms. The minimum Gasteiger partial charge on any atom is -0.377 e. The Morgan fingerprint density at radius 3 is 2.56 bits per heavy atom. The third-order valence-corrected chi connectivity index (χ3v) is 4.51. The highest BCUT2D eigenvalue weighted by molar-refractivity contribution is 5.79. The van der Waals surface area contributed by atoms with E-state index in [0.717, 1.165) is 45.0 Å². The fraction of sp³-hybridized carbons (Fsp3) is 0.650. The first-order valence-corrected chi connectivity index (χ1v) is 9.67. The van der Waals surface area contributed by atoms with Crippen molar-refractivity contribution >= 4 is 5.96 Å². The molecule has 0 saturated carbocycles. The molecule has 1 fully saturated rings. The van der Waals surface area contributed by atoms with Gasteiger partial charge >= 0.3 is 0 Å². The van der Waals surface area contributed by atoms with Crippen LogP contribution in [0.4, 0.5) is 0 Å². The van der Waals surface area contributed by atoms with Crippen molar-refractivity contribution in [3.05, 3.63) is 35.9 Å². The predicted octanol–water partition coefficient (Wildman–Crippen LogP) is 2.63. The summed E-state index contributed by atoms with van der Waals surface area (Å²) < 4.78 is 5.71. The van der Waals surface area contributed by atoms with Gasteiger partial charge in [-0.05, 0) is 44.3 Å². The second kappa shape index (κ2) is 12.7. The third-order valence-electron chi connectivity index (χ3n) is 4.51. The second-order valence-corrected chi connectivity index (χ2v) is 6.57. The zero-order valence-electron chi connectivity index (χ0n) is 15.7. The van der Waals surface area contributed by atoms with E-state index in [1.54, 1.807) is 0 Å². The monoisotopic (exact) mass is 346 g/mol. The lowest BCUT2D eigenvalue weighted by Crippen LogP contribution is -2.42. The molecule has 0 amide bonds. The first kappa shape index (κ1) is 19.7. The van der Waals surface area contributed by atoms with Gasteiger partial charge in [-0.1, -0.05) is 36.8 Å². The number of ether oxygens (including phenoxy) is 1. The van der Waals surface area contributed by atoms with E-state index in [1.807, 2.05) is 25.2 Å². The molecular formula is C20H34N4O. The topological polar surface area (TPSA) is 48.9 Å². The minimum atomic E-state index is 0.702. The third kappa shape index (κ3) is 8.89. The second-order valence-electron chi connectivity index (χ2n) is 6.57. The average molecular weight is 347 g/mol. The number of hydrogen-bond donors (Lipinski definition) is 2. The maximum Gasteiger partial charge on any atom is 0.191 e. The Bertz CT molecular complexity index is 472. The van der Waals surface area contributed by atoms with E-state index in [4.69, 9.17) is 4.74 Å². The molecule has 5 heteroatoms. The Morgan fingerprint density at radius 2 is 1.80 bits per heavy atom. The van der Waals surface area contributed by atoms with Gasteiger partial charge in [0, 0.05) is 33.3 Å². The number of rotatable bonds is 10. The van der Waals surface area contributed by atoms with Gasteiger partial charge in [0.25, 0.3) is 0 Å². The molecule has 1 aliphatic rings. The molecule has 0 unspecified atom stereocenters. The van der Waals surface area contributed by atoms with E-state index >= 15 is 0 Å². The predicted molar refractivity (Wildman–Crippen MR) is 105 cm³/mol. The Hall–Kier alpha value is -1.59. The van der Waals surface area contributed by atoms with Crippen LogP contribution in [0.15, 0.2) is 35.3 Å². The summed E-state index contributed by atoms with van der Waals surface area (Å²) in [7, 11) is 1.83. The molecule has 1 aromatic rings. The van der Waals surface area contributed by atoms with E-state index in [1.165, 1.54) is 37.9 Å².